The van der Waals surface area contributed by atoms with Crippen molar-refractivity contribution in [3.05, 3.63) is 73.1 Å². The van der Waals surface area contributed by atoms with E-state index in [1.54, 1.807) is 30.6 Å². The summed E-state index contributed by atoms with van der Waals surface area (Å²) in [5, 5.41) is 0. The molecule has 0 N–H and O–H groups in total. The Morgan fingerprint density at radius 3 is 2.50 bits per heavy atom. The lowest BCUT2D eigenvalue weighted by Gasteiger charge is -2.31. The summed E-state index contributed by atoms with van der Waals surface area (Å²) >= 11 is 0. The van der Waals surface area contributed by atoms with Gasteiger partial charge in [0.05, 0.1) is 5.92 Å². The molecule has 1 aliphatic heterocycles. The first-order valence-electron chi connectivity index (χ1n) is 9.34. The average molecular weight is 375 g/mol. The van der Waals surface area contributed by atoms with E-state index in [0.717, 1.165) is 25.1 Å². The zero-order valence-electron chi connectivity index (χ0n) is 15.4. The van der Waals surface area contributed by atoms with Gasteiger partial charge in [-0.3, -0.25) is 4.79 Å². The van der Waals surface area contributed by atoms with Gasteiger partial charge in [0.25, 0.3) is 0 Å². The number of benzene rings is 2. The van der Waals surface area contributed by atoms with Gasteiger partial charge in [0.15, 0.2) is 0 Å². The fourth-order valence-corrected chi connectivity index (χ4v) is 3.23. The molecule has 6 heteroatoms. The summed E-state index contributed by atoms with van der Waals surface area (Å²) in [4.78, 5) is 23.3. The minimum Gasteiger partial charge on any atom is -0.457 e. The highest BCUT2D eigenvalue weighted by molar-refractivity contribution is 5.76. The van der Waals surface area contributed by atoms with Crippen LogP contribution in [0.1, 0.15) is 12.8 Å². The third-order valence-corrected chi connectivity index (χ3v) is 4.59. The molecule has 0 spiro atoms. The van der Waals surface area contributed by atoms with Crippen LogP contribution in [0.2, 0.25) is 0 Å². The number of esters is 1. The van der Waals surface area contributed by atoms with E-state index in [-0.39, 0.29) is 11.9 Å². The Morgan fingerprint density at radius 2 is 1.68 bits per heavy atom. The molecule has 142 valence electrons. The largest absolute Gasteiger partial charge is 0.457 e. The summed E-state index contributed by atoms with van der Waals surface area (Å²) in [6.45, 7) is 1.40. The molecule has 4 rings (SSSR count). The monoisotopic (exact) mass is 375 g/mol. The summed E-state index contributed by atoms with van der Waals surface area (Å²) in [6.07, 6.45) is 5.11. The number of nitrogens with zero attached hydrogens (tertiary/aromatic N) is 3. The Balaban J connectivity index is 1.40. The zero-order chi connectivity index (χ0) is 19.2. The van der Waals surface area contributed by atoms with Crippen LogP contribution in [0.5, 0.6) is 17.2 Å². The van der Waals surface area contributed by atoms with Crippen LogP contribution in [0, 0.1) is 5.92 Å². The topological polar surface area (TPSA) is 64.6 Å². The van der Waals surface area contributed by atoms with Gasteiger partial charge in [0.1, 0.15) is 17.2 Å². The van der Waals surface area contributed by atoms with Crippen LogP contribution < -0.4 is 14.4 Å². The van der Waals surface area contributed by atoms with Crippen molar-refractivity contribution in [3.63, 3.8) is 0 Å². The molecular weight excluding hydrogens is 354 g/mol. The molecule has 0 bridgehead atoms. The number of carbonyl (C=O) groups excluding carboxylic acids is 1. The SMILES string of the molecule is O=C(Oc1cccc(Oc2ccccc2)c1)C1CCCN(c2ncccn2)C1. The van der Waals surface area contributed by atoms with E-state index in [4.69, 9.17) is 9.47 Å². The minimum absolute atomic E-state index is 0.212. The molecule has 0 radical (unpaired) electrons. The molecule has 2 heterocycles. The Labute approximate surface area is 163 Å². The third kappa shape index (κ3) is 4.46. The molecule has 6 nitrogen and oxygen atoms in total. The van der Waals surface area contributed by atoms with Crippen LogP contribution in [0.3, 0.4) is 0 Å². The van der Waals surface area contributed by atoms with Crippen molar-refractivity contribution < 1.29 is 14.3 Å². The van der Waals surface area contributed by atoms with Crippen molar-refractivity contribution in [2.75, 3.05) is 18.0 Å². The van der Waals surface area contributed by atoms with Crippen LogP contribution in [0.15, 0.2) is 73.1 Å². The minimum atomic E-state index is -0.238. The van der Waals surface area contributed by atoms with Gasteiger partial charge in [-0.15, -0.1) is 0 Å². The average Bonchev–Trinajstić information content (AvgIpc) is 2.75. The highest BCUT2D eigenvalue weighted by Gasteiger charge is 2.28. The van der Waals surface area contributed by atoms with Crippen LogP contribution >= 0.6 is 0 Å². The van der Waals surface area contributed by atoms with Gasteiger partial charge >= 0.3 is 5.97 Å². The predicted octanol–water partition coefficient (Wildman–Crippen LogP) is 4.09. The third-order valence-electron chi connectivity index (χ3n) is 4.59. The maximum atomic E-state index is 12.7. The Hall–Kier alpha value is -3.41. The van der Waals surface area contributed by atoms with Crippen molar-refractivity contribution in [3.8, 4) is 17.2 Å². The lowest BCUT2D eigenvalue weighted by Crippen LogP contribution is -2.41. The second-order valence-corrected chi connectivity index (χ2v) is 6.65. The fraction of sp³-hybridized carbons (Fsp3) is 0.227. The van der Waals surface area contributed by atoms with Crippen molar-refractivity contribution in [2.24, 2.45) is 5.92 Å². The molecule has 3 aromatic rings. The van der Waals surface area contributed by atoms with Gasteiger partial charge in [-0.1, -0.05) is 24.3 Å². The molecular formula is C22H21N3O3. The number of hydrogen-bond donors (Lipinski definition) is 0. The summed E-state index contributed by atoms with van der Waals surface area (Å²) in [6, 6.07) is 18.4. The Bertz CT molecular complexity index is 919. The Morgan fingerprint density at radius 1 is 0.929 bits per heavy atom. The number of hydrogen-bond acceptors (Lipinski definition) is 6. The van der Waals surface area contributed by atoms with Crippen molar-refractivity contribution in [1.82, 2.24) is 9.97 Å². The van der Waals surface area contributed by atoms with Crippen LogP contribution in [-0.4, -0.2) is 29.0 Å². The number of aromatic nitrogens is 2. The second kappa shape index (κ2) is 8.52. The molecule has 1 saturated heterocycles. The normalized spacial score (nSPS) is 16.4. The number of para-hydroxylation sites is 1. The first-order chi connectivity index (χ1) is 13.8. The highest BCUT2D eigenvalue weighted by atomic mass is 16.5. The smallest absolute Gasteiger partial charge is 0.316 e. The van der Waals surface area contributed by atoms with E-state index in [2.05, 4.69) is 9.97 Å². The van der Waals surface area contributed by atoms with E-state index in [1.807, 2.05) is 47.4 Å². The molecule has 0 amide bonds. The van der Waals surface area contributed by atoms with E-state index in [1.165, 1.54) is 0 Å². The number of ether oxygens (including phenoxy) is 2. The van der Waals surface area contributed by atoms with E-state index < -0.39 is 0 Å². The molecule has 0 aliphatic carbocycles. The summed E-state index contributed by atoms with van der Waals surface area (Å²) in [7, 11) is 0. The summed E-state index contributed by atoms with van der Waals surface area (Å²) in [5.74, 6) is 2.04. The van der Waals surface area contributed by atoms with Crippen molar-refractivity contribution in [1.29, 1.82) is 0 Å². The Kier molecular flexibility index (Phi) is 5.47. The quantitative estimate of drug-likeness (QED) is 0.494. The van der Waals surface area contributed by atoms with Crippen molar-refractivity contribution in [2.45, 2.75) is 12.8 Å². The number of anilines is 1. The molecule has 1 aliphatic rings. The molecule has 1 unspecified atom stereocenters. The first kappa shape index (κ1) is 18.0. The fourth-order valence-electron chi connectivity index (χ4n) is 3.23. The second-order valence-electron chi connectivity index (χ2n) is 6.65. The van der Waals surface area contributed by atoms with E-state index in [0.29, 0.717) is 24.0 Å². The molecule has 0 saturated carbocycles. The maximum absolute atomic E-state index is 12.7. The molecule has 2 aromatic carbocycles. The van der Waals surface area contributed by atoms with Gasteiger partial charge in [-0.05, 0) is 43.2 Å². The molecule has 1 aromatic heterocycles. The standard InChI is InChI=1S/C22H21N3O3/c26-21(17-7-5-14-25(16-17)22-23-12-6-13-24-22)28-20-11-4-10-19(15-20)27-18-8-2-1-3-9-18/h1-4,6,8-13,15,17H,5,7,14,16H2. The highest BCUT2D eigenvalue weighted by Crippen LogP contribution is 2.27. The molecule has 28 heavy (non-hydrogen) atoms. The van der Waals surface area contributed by atoms with Gasteiger partial charge in [0, 0.05) is 31.5 Å². The van der Waals surface area contributed by atoms with Gasteiger partial charge < -0.3 is 14.4 Å². The number of piperidine rings is 1. The molecule has 1 atom stereocenters. The van der Waals surface area contributed by atoms with E-state index >= 15 is 0 Å². The lowest BCUT2D eigenvalue weighted by atomic mass is 9.98. The van der Waals surface area contributed by atoms with Gasteiger partial charge in [-0.25, -0.2) is 9.97 Å². The van der Waals surface area contributed by atoms with Crippen LogP contribution in [-0.2, 0) is 4.79 Å². The van der Waals surface area contributed by atoms with Gasteiger partial charge in [-0.2, -0.15) is 0 Å². The summed E-state index contributed by atoms with van der Waals surface area (Å²) < 4.78 is 11.4. The lowest BCUT2D eigenvalue weighted by molar-refractivity contribution is -0.139. The summed E-state index contributed by atoms with van der Waals surface area (Å²) in [5.41, 5.74) is 0. The number of rotatable bonds is 5. The number of carbonyl (C=O) groups is 1. The van der Waals surface area contributed by atoms with Crippen LogP contribution in [0.25, 0.3) is 0 Å². The van der Waals surface area contributed by atoms with E-state index in [9.17, 15) is 4.79 Å². The predicted molar refractivity (Wildman–Crippen MR) is 106 cm³/mol. The van der Waals surface area contributed by atoms with Crippen molar-refractivity contribution >= 4 is 11.9 Å². The maximum Gasteiger partial charge on any atom is 0.316 e. The van der Waals surface area contributed by atoms with Crippen LogP contribution in [0.4, 0.5) is 5.95 Å². The molecule has 1 fully saturated rings. The van der Waals surface area contributed by atoms with Gasteiger partial charge in [0.2, 0.25) is 5.95 Å². The first-order valence-corrected chi connectivity index (χ1v) is 9.34. The zero-order valence-corrected chi connectivity index (χ0v) is 15.4.